The zero-order valence-electron chi connectivity index (χ0n) is 7.14. The van der Waals surface area contributed by atoms with Gasteiger partial charge in [0.2, 0.25) is 5.95 Å². The van der Waals surface area contributed by atoms with Crippen LogP contribution in [0.3, 0.4) is 0 Å². The summed E-state index contributed by atoms with van der Waals surface area (Å²) in [7, 11) is 0. The van der Waals surface area contributed by atoms with Crippen molar-refractivity contribution in [2.24, 2.45) is 0 Å². The number of nitrogens with two attached hydrogens (primary N) is 1. The molecule has 1 aliphatic rings. The number of hydrogen-bond acceptors (Lipinski definition) is 4. The van der Waals surface area contributed by atoms with E-state index in [1.807, 2.05) is 6.08 Å². The van der Waals surface area contributed by atoms with Crippen LogP contribution in [0.4, 0.5) is 5.95 Å². The van der Waals surface area contributed by atoms with Crippen LogP contribution in [0.25, 0.3) is 5.57 Å². The molecule has 4 heteroatoms. The van der Waals surface area contributed by atoms with E-state index in [9.17, 15) is 5.11 Å². The first-order chi connectivity index (χ1) is 6.25. The van der Waals surface area contributed by atoms with E-state index in [0.29, 0.717) is 0 Å². The Bertz CT molecular complexity index is 331. The van der Waals surface area contributed by atoms with Crippen molar-refractivity contribution >= 4 is 11.5 Å². The summed E-state index contributed by atoms with van der Waals surface area (Å²) in [6.07, 6.45) is 6.58. The molecule has 1 aromatic heterocycles. The molecule has 0 aromatic carbocycles. The third kappa shape index (κ3) is 1.67. The summed E-state index contributed by atoms with van der Waals surface area (Å²) in [5.41, 5.74) is 7.42. The van der Waals surface area contributed by atoms with Gasteiger partial charge in [-0.1, -0.05) is 6.08 Å². The lowest BCUT2D eigenvalue weighted by molar-refractivity contribution is 0.223. The topological polar surface area (TPSA) is 72.0 Å². The minimum Gasteiger partial charge on any atom is -0.389 e. The molecule has 0 amide bonds. The van der Waals surface area contributed by atoms with Gasteiger partial charge in [-0.25, -0.2) is 9.97 Å². The summed E-state index contributed by atoms with van der Waals surface area (Å²) in [6, 6.07) is 0. The van der Waals surface area contributed by atoms with Crippen LogP contribution in [-0.2, 0) is 0 Å². The van der Waals surface area contributed by atoms with Crippen LogP contribution in [0.2, 0.25) is 0 Å². The van der Waals surface area contributed by atoms with E-state index in [1.165, 1.54) is 0 Å². The van der Waals surface area contributed by atoms with Crippen molar-refractivity contribution in [1.82, 2.24) is 9.97 Å². The molecule has 0 saturated carbocycles. The van der Waals surface area contributed by atoms with E-state index < -0.39 is 0 Å². The van der Waals surface area contributed by atoms with Crippen molar-refractivity contribution in [3.05, 3.63) is 24.0 Å². The summed E-state index contributed by atoms with van der Waals surface area (Å²) in [5.74, 6) is 0.280. The molecule has 0 fully saturated rings. The van der Waals surface area contributed by atoms with Crippen LogP contribution in [-0.4, -0.2) is 21.2 Å². The number of aliphatic hydroxyl groups is 1. The maximum Gasteiger partial charge on any atom is 0.219 e. The van der Waals surface area contributed by atoms with Gasteiger partial charge in [-0.2, -0.15) is 0 Å². The molecule has 68 valence electrons. The van der Waals surface area contributed by atoms with Crippen LogP contribution in [0.5, 0.6) is 0 Å². The maximum atomic E-state index is 9.27. The van der Waals surface area contributed by atoms with E-state index in [-0.39, 0.29) is 12.1 Å². The number of hydrogen-bond donors (Lipinski definition) is 2. The van der Waals surface area contributed by atoms with Gasteiger partial charge in [0, 0.05) is 18.0 Å². The largest absolute Gasteiger partial charge is 0.389 e. The highest BCUT2D eigenvalue weighted by molar-refractivity contribution is 5.66. The van der Waals surface area contributed by atoms with Crippen molar-refractivity contribution < 1.29 is 5.11 Å². The van der Waals surface area contributed by atoms with Gasteiger partial charge in [-0.05, 0) is 18.4 Å². The van der Waals surface area contributed by atoms with Gasteiger partial charge in [-0.3, -0.25) is 0 Å². The summed E-state index contributed by atoms with van der Waals surface area (Å²) < 4.78 is 0. The Labute approximate surface area is 76.1 Å². The van der Waals surface area contributed by atoms with Crippen molar-refractivity contribution in [3.63, 3.8) is 0 Å². The van der Waals surface area contributed by atoms with Gasteiger partial charge in [0.05, 0.1) is 6.10 Å². The standard InChI is InChI=1S/C9H11N3O/c10-9-11-4-7(5-12-9)6-1-2-8(13)3-6/h3-5,8,13H,1-2H2,(H2,10,11,12). The van der Waals surface area contributed by atoms with Crippen LogP contribution >= 0.6 is 0 Å². The van der Waals surface area contributed by atoms with Crippen molar-refractivity contribution in [3.8, 4) is 0 Å². The third-order valence-electron chi connectivity index (χ3n) is 2.15. The molecule has 1 aromatic rings. The lowest BCUT2D eigenvalue weighted by atomic mass is 10.1. The van der Waals surface area contributed by atoms with Crippen LogP contribution in [0.1, 0.15) is 18.4 Å². The van der Waals surface area contributed by atoms with E-state index in [0.717, 1.165) is 24.0 Å². The maximum absolute atomic E-state index is 9.27. The fourth-order valence-corrected chi connectivity index (χ4v) is 1.45. The van der Waals surface area contributed by atoms with Crippen molar-refractivity contribution in [1.29, 1.82) is 0 Å². The van der Waals surface area contributed by atoms with Crippen molar-refractivity contribution in [2.45, 2.75) is 18.9 Å². The second-order valence-electron chi connectivity index (χ2n) is 3.13. The Balaban J connectivity index is 2.26. The number of anilines is 1. The molecule has 1 heterocycles. The van der Waals surface area contributed by atoms with E-state index in [1.54, 1.807) is 12.4 Å². The van der Waals surface area contributed by atoms with Crippen molar-refractivity contribution in [2.75, 3.05) is 5.73 Å². The highest BCUT2D eigenvalue weighted by atomic mass is 16.3. The van der Waals surface area contributed by atoms with Crippen LogP contribution < -0.4 is 5.73 Å². The first-order valence-corrected chi connectivity index (χ1v) is 4.22. The zero-order valence-corrected chi connectivity index (χ0v) is 7.14. The minimum absolute atomic E-state index is 0.280. The van der Waals surface area contributed by atoms with Crippen LogP contribution in [0.15, 0.2) is 18.5 Å². The summed E-state index contributed by atoms with van der Waals surface area (Å²) in [4.78, 5) is 7.79. The highest BCUT2D eigenvalue weighted by Gasteiger charge is 2.14. The molecule has 1 aliphatic carbocycles. The highest BCUT2D eigenvalue weighted by Crippen LogP contribution is 2.26. The number of nitrogens with zero attached hydrogens (tertiary/aromatic N) is 2. The smallest absolute Gasteiger partial charge is 0.219 e. The average molecular weight is 177 g/mol. The summed E-state index contributed by atoms with van der Waals surface area (Å²) >= 11 is 0. The Hall–Kier alpha value is -1.42. The Kier molecular flexibility index (Phi) is 1.98. The third-order valence-corrected chi connectivity index (χ3v) is 2.15. The molecule has 0 radical (unpaired) electrons. The zero-order chi connectivity index (χ0) is 9.26. The van der Waals surface area contributed by atoms with Gasteiger partial charge < -0.3 is 10.8 Å². The molecular formula is C9H11N3O. The molecule has 13 heavy (non-hydrogen) atoms. The normalized spacial score (nSPS) is 21.6. The molecule has 2 rings (SSSR count). The molecule has 0 bridgehead atoms. The quantitative estimate of drug-likeness (QED) is 0.658. The Morgan fingerprint density at radius 3 is 2.62 bits per heavy atom. The summed E-state index contributed by atoms with van der Waals surface area (Å²) in [5, 5.41) is 9.27. The Morgan fingerprint density at radius 2 is 2.08 bits per heavy atom. The predicted molar refractivity (Wildman–Crippen MR) is 49.7 cm³/mol. The predicted octanol–water partition coefficient (Wildman–Crippen LogP) is 0.597. The fourth-order valence-electron chi connectivity index (χ4n) is 1.45. The molecule has 1 atom stereocenters. The first kappa shape index (κ1) is 8.19. The number of aliphatic hydroxyl groups excluding tert-OH is 1. The van der Waals surface area contributed by atoms with Gasteiger partial charge in [0.25, 0.3) is 0 Å². The average Bonchev–Trinajstić information content (AvgIpc) is 2.53. The number of nitrogen functional groups attached to an aromatic ring is 1. The monoisotopic (exact) mass is 177 g/mol. The summed E-state index contributed by atoms with van der Waals surface area (Å²) in [6.45, 7) is 0. The number of aromatic nitrogens is 2. The molecule has 0 spiro atoms. The fraction of sp³-hybridized carbons (Fsp3) is 0.333. The molecule has 4 nitrogen and oxygen atoms in total. The SMILES string of the molecule is Nc1ncc(C2=CC(O)CC2)cn1. The van der Waals surface area contributed by atoms with Crippen LogP contribution in [0, 0.1) is 0 Å². The lowest BCUT2D eigenvalue weighted by Crippen LogP contribution is -1.94. The molecule has 0 aliphatic heterocycles. The van der Waals surface area contributed by atoms with Gasteiger partial charge in [0.1, 0.15) is 0 Å². The molecular weight excluding hydrogens is 166 g/mol. The second kappa shape index (κ2) is 3.14. The first-order valence-electron chi connectivity index (χ1n) is 4.22. The van der Waals surface area contributed by atoms with Gasteiger partial charge >= 0.3 is 0 Å². The second-order valence-corrected chi connectivity index (χ2v) is 3.13. The molecule has 1 unspecified atom stereocenters. The lowest BCUT2D eigenvalue weighted by Gasteiger charge is -1.99. The number of allylic oxidation sites excluding steroid dienone is 1. The van der Waals surface area contributed by atoms with E-state index in [2.05, 4.69) is 9.97 Å². The molecule has 0 saturated heterocycles. The van der Waals surface area contributed by atoms with E-state index >= 15 is 0 Å². The molecule has 3 N–H and O–H groups in total. The van der Waals surface area contributed by atoms with Gasteiger partial charge in [-0.15, -0.1) is 0 Å². The van der Waals surface area contributed by atoms with Gasteiger partial charge in [0.15, 0.2) is 0 Å². The number of rotatable bonds is 1. The van der Waals surface area contributed by atoms with E-state index in [4.69, 9.17) is 5.73 Å². The minimum atomic E-state index is -0.312. The Morgan fingerprint density at radius 1 is 1.38 bits per heavy atom.